The zero-order valence-corrected chi connectivity index (χ0v) is 12.3. The number of hydrogen-bond acceptors (Lipinski definition) is 2. The summed E-state index contributed by atoms with van der Waals surface area (Å²) >= 11 is 0. The number of rotatable bonds is 5. The van der Waals surface area contributed by atoms with Gasteiger partial charge in [-0.05, 0) is 24.3 Å². The van der Waals surface area contributed by atoms with Gasteiger partial charge < -0.3 is 15.4 Å². The molecule has 0 radical (unpaired) electrons. The van der Waals surface area contributed by atoms with E-state index in [0.29, 0.717) is 12.6 Å². The highest BCUT2D eigenvalue weighted by Crippen LogP contribution is 2.24. The largest absolute Gasteiger partial charge is 0.491 e. The number of nitrogens with zero attached hydrogens (tertiary/aromatic N) is 1. The third kappa shape index (κ3) is 3.66. The van der Waals surface area contributed by atoms with E-state index in [4.69, 9.17) is 4.74 Å². The lowest BCUT2D eigenvalue weighted by Crippen LogP contribution is -2.40. The Morgan fingerprint density at radius 2 is 2.00 bits per heavy atom. The predicted octanol–water partition coefficient (Wildman–Crippen LogP) is 2.55. The normalized spacial score (nSPS) is 15.0. The van der Waals surface area contributed by atoms with Crippen LogP contribution in [0.25, 0.3) is 10.8 Å². The second-order valence-electron chi connectivity index (χ2n) is 5.24. The first-order chi connectivity index (χ1) is 10.4. The lowest BCUT2D eigenvalue weighted by molar-refractivity contribution is 0.325. The molecule has 21 heavy (non-hydrogen) atoms. The monoisotopic (exact) mass is 283 g/mol. The fraction of sp³-hybridized carbons (Fsp3) is 0.353. The Bertz CT molecular complexity index is 629. The number of nitrogens with one attached hydrogen (secondary N) is 2. The molecule has 0 aliphatic heterocycles. The highest BCUT2D eigenvalue weighted by molar-refractivity contribution is 5.88. The van der Waals surface area contributed by atoms with Crippen LogP contribution in [0.2, 0.25) is 0 Å². The van der Waals surface area contributed by atoms with Gasteiger partial charge in [0, 0.05) is 18.5 Å². The molecule has 1 aliphatic rings. The standard InChI is InChI=1S/C17H21N3O/c1-18-17(20-14-9-10-14)19-11-12-21-16-8-4-6-13-5-2-3-7-15(13)16/h2-8,14H,9-12H2,1H3,(H2,18,19,20). The fourth-order valence-corrected chi connectivity index (χ4v) is 2.27. The van der Waals surface area contributed by atoms with E-state index in [1.54, 1.807) is 7.05 Å². The maximum atomic E-state index is 5.89. The minimum atomic E-state index is 0.607. The van der Waals surface area contributed by atoms with Gasteiger partial charge in [0.1, 0.15) is 12.4 Å². The maximum absolute atomic E-state index is 5.89. The van der Waals surface area contributed by atoms with Crippen LogP contribution in [-0.4, -0.2) is 32.2 Å². The molecule has 4 heteroatoms. The van der Waals surface area contributed by atoms with Crippen LogP contribution in [0.4, 0.5) is 0 Å². The first-order valence-corrected chi connectivity index (χ1v) is 7.44. The van der Waals surface area contributed by atoms with Gasteiger partial charge in [0.2, 0.25) is 0 Å². The molecule has 3 rings (SSSR count). The number of fused-ring (bicyclic) bond motifs is 1. The third-order valence-electron chi connectivity index (χ3n) is 3.54. The Morgan fingerprint density at radius 1 is 1.19 bits per heavy atom. The van der Waals surface area contributed by atoms with Crippen LogP contribution in [0.3, 0.4) is 0 Å². The quantitative estimate of drug-likeness (QED) is 0.503. The van der Waals surface area contributed by atoms with Crippen molar-refractivity contribution in [1.82, 2.24) is 10.6 Å². The van der Waals surface area contributed by atoms with Crippen molar-refractivity contribution in [1.29, 1.82) is 0 Å². The van der Waals surface area contributed by atoms with Crippen molar-refractivity contribution in [2.75, 3.05) is 20.2 Å². The van der Waals surface area contributed by atoms with Crippen molar-refractivity contribution in [2.45, 2.75) is 18.9 Å². The summed E-state index contributed by atoms with van der Waals surface area (Å²) in [4.78, 5) is 4.20. The summed E-state index contributed by atoms with van der Waals surface area (Å²) in [6.45, 7) is 1.34. The molecule has 1 aliphatic carbocycles. The molecule has 0 unspecified atom stereocenters. The van der Waals surface area contributed by atoms with Crippen molar-refractivity contribution >= 4 is 16.7 Å². The van der Waals surface area contributed by atoms with Crippen LogP contribution in [0.5, 0.6) is 5.75 Å². The van der Waals surface area contributed by atoms with E-state index >= 15 is 0 Å². The molecule has 110 valence electrons. The Hall–Kier alpha value is -2.23. The lowest BCUT2D eigenvalue weighted by Gasteiger charge is -2.12. The first kappa shape index (κ1) is 13.7. The van der Waals surface area contributed by atoms with E-state index in [-0.39, 0.29) is 0 Å². The summed E-state index contributed by atoms with van der Waals surface area (Å²) < 4.78 is 5.89. The van der Waals surface area contributed by atoms with Gasteiger partial charge in [-0.15, -0.1) is 0 Å². The van der Waals surface area contributed by atoms with Gasteiger partial charge in [0.05, 0.1) is 6.54 Å². The van der Waals surface area contributed by atoms with E-state index in [0.717, 1.165) is 23.6 Å². The lowest BCUT2D eigenvalue weighted by atomic mass is 10.1. The van der Waals surface area contributed by atoms with E-state index in [1.165, 1.54) is 18.2 Å². The Kier molecular flexibility index (Phi) is 4.24. The predicted molar refractivity (Wildman–Crippen MR) is 87.0 cm³/mol. The van der Waals surface area contributed by atoms with Crippen LogP contribution in [0.15, 0.2) is 47.5 Å². The Balaban J connectivity index is 1.52. The van der Waals surface area contributed by atoms with Gasteiger partial charge in [-0.25, -0.2) is 0 Å². The summed E-state index contributed by atoms with van der Waals surface area (Å²) in [7, 11) is 1.79. The molecule has 0 amide bonds. The molecule has 0 atom stereocenters. The average molecular weight is 283 g/mol. The molecule has 2 N–H and O–H groups in total. The van der Waals surface area contributed by atoms with Crippen LogP contribution < -0.4 is 15.4 Å². The molecule has 0 bridgehead atoms. The SMILES string of the molecule is CN=C(NCCOc1cccc2ccccc12)NC1CC1. The highest BCUT2D eigenvalue weighted by atomic mass is 16.5. The average Bonchev–Trinajstić information content (AvgIpc) is 3.34. The Morgan fingerprint density at radius 3 is 2.81 bits per heavy atom. The molecule has 2 aromatic carbocycles. The minimum Gasteiger partial charge on any atom is -0.491 e. The van der Waals surface area contributed by atoms with Crippen molar-refractivity contribution in [3.63, 3.8) is 0 Å². The zero-order chi connectivity index (χ0) is 14.5. The van der Waals surface area contributed by atoms with Gasteiger partial charge in [-0.1, -0.05) is 36.4 Å². The summed E-state index contributed by atoms with van der Waals surface area (Å²) in [6.07, 6.45) is 2.49. The molecule has 0 saturated heterocycles. The van der Waals surface area contributed by atoms with E-state index in [1.807, 2.05) is 24.3 Å². The topological polar surface area (TPSA) is 45.7 Å². The van der Waals surface area contributed by atoms with Crippen molar-refractivity contribution in [2.24, 2.45) is 4.99 Å². The number of guanidine groups is 1. The Labute approximate surface area is 125 Å². The summed E-state index contributed by atoms with van der Waals surface area (Å²) in [5.74, 6) is 1.79. The van der Waals surface area contributed by atoms with Gasteiger partial charge in [-0.2, -0.15) is 0 Å². The smallest absolute Gasteiger partial charge is 0.191 e. The summed E-state index contributed by atoms with van der Waals surface area (Å²) in [5, 5.41) is 8.98. The summed E-state index contributed by atoms with van der Waals surface area (Å²) in [6, 6.07) is 15.0. The molecular formula is C17H21N3O. The van der Waals surface area contributed by atoms with Crippen LogP contribution >= 0.6 is 0 Å². The minimum absolute atomic E-state index is 0.607. The van der Waals surface area contributed by atoms with Crippen LogP contribution in [0.1, 0.15) is 12.8 Å². The molecule has 4 nitrogen and oxygen atoms in total. The van der Waals surface area contributed by atoms with Gasteiger partial charge in [0.15, 0.2) is 5.96 Å². The second kappa shape index (κ2) is 6.48. The first-order valence-electron chi connectivity index (χ1n) is 7.44. The van der Waals surface area contributed by atoms with E-state index < -0.39 is 0 Å². The van der Waals surface area contributed by atoms with Crippen LogP contribution in [0, 0.1) is 0 Å². The van der Waals surface area contributed by atoms with Crippen LogP contribution in [-0.2, 0) is 0 Å². The maximum Gasteiger partial charge on any atom is 0.191 e. The fourth-order valence-electron chi connectivity index (χ4n) is 2.27. The third-order valence-corrected chi connectivity index (χ3v) is 3.54. The number of ether oxygens (including phenoxy) is 1. The van der Waals surface area contributed by atoms with Gasteiger partial charge in [-0.3, -0.25) is 4.99 Å². The highest BCUT2D eigenvalue weighted by Gasteiger charge is 2.21. The second-order valence-corrected chi connectivity index (χ2v) is 5.24. The van der Waals surface area contributed by atoms with Gasteiger partial charge in [0.25, 0.3) is 0 Å². The number of hydrogen-bond donors (Lipinski definition) is 2. The summed E-state index contributed by atoms with van der Waals surface area (Å²) in [5.41, 5.74) is 0. The van der Waals surface area contributed by atoms with E-state index in [2.05, 4.69) is 33.8 Å². The molecule has 0 aromatic heterocycles. The molecule has 1 fully saturated rings. The molecular weight excluding hydrogens is 262 g/mol. The molecule has 0 heterocycles. The van der Waals surface area contributed by atoms with Crippen molar-refractivity contribution < 1.29 is 4.74 Å². The number of benzene rings is 2. The number of aliphatic imine (C=N–C) groups is 1. The molecule has 1 saturated carbocycles. The van der Waals surface area contributed by atoms with Crippen molar-refractivity contribution in [3.8, 4) is 5.75 Å². The van der Waals surface area contributed by atoms with E-state index in [9.17, 15) is 0 Å². The van der Waals surface area contributed by atoms with Crippen molar-refractivity contribution in [3.05, 3.63) is 42.5 Å². The van der Waals surface area contributed by atoms with Gasteiger partial charge >= 0.3 is 0 Å². The molecule has 0 spiro atoms. The zero-order valence-electron chi connectivity index (χ0n) is 12.3. The molecule has 2 aromatic rings.